The summed E-state index contributed by atoms with van der Waals surface area (Å²) in [5.41, 5.74) is 1.54. The van der Waals surface area contributed by atoms with Crippen LogP contribution in [-0.2, 0) is 11.3 Å². The van der Waals surface area contributed by atoms with E-state index in [9.17, 15) is 9.18 Å². The second kappa shape index (κ2) is 6.92. The minimum absolute atomic E-state index is 0.0539. The number of nitrogens with zero attached hydrogens (tertiary/aromatic N) is 3. The van der Waals surface area contributed by atoms with E-state index in [0.29, 0.717) is 17.6 Å². The minimum atomic E-state index is -0.693. The van der Waals surface area contributed by atoms with Gasteiger partial charge in [-0.05, 0) is 31.5 Å². The van der Waals surface area contributed by atoms with Crippen LogP contribution >= 0.6 is 11.6 Å². The highest BCUT2D eigenvalue weighted by Gasteiger charge is 2.23. The average Bonchev–Trinajstić information content (AvgIpc) is 2.96. The van der Waals surface area contributed by atoms with Crippen molar-refractivity contribution in [3.63, 3.8) is 0 Å². The predicted molar refractivity (Wildman–Crippen MR) is 96.2 cm³/mol. The molecule has 1 aromatic carbocycles. The molecule has 6 nitrogen and oxygen atoms in total. The van der Waals surface area contributed by atoms with E-state index in [4.69, 9.17) is 21.1 Å². The first kappa shape index (κ1) is 18.1. The molecule has 2 aromatic heterocycles. The maximum Gasteiger partial charge on any atom is 0.357 e. The van der Waals surface area contributed by atoms with Gasteiger partial charge in [0.2, 0.25) is 0 Å². The molecule has 8 heteroatoms. The molecule has 0 amide bonds. The summed E-state index contributed by atoms with van der Waals surface area (Å²) in [4.78, 5) is 21.0. The third-order valence-corrected chi connectivity index (χ3v) is 4.42. The number of carbonyl (C=O) groups is 1. The van der Waals surface area contributed by atoms with Gasteiger partial charge in [0.05, 0.1) is 30.2 Å². The van der Waals surface area contributed by atoms with E-state index < -0.39 is 11.8 Å². The fraction of sp³-hybridized carbons (Fsp3) is 0.278. The third-order valence-electron chi connectivity index (χ3n) is 4.12. The number of halogens is 2. The zero-order valence-corrected chi connectivity index (χ0v) is 15.5. The summed E-state index contributed by atoms with van der Waals surface area (Å²) >= 11 is 5.96. The molecule has 136 valence electrons. The summed E-state index contributed by atoms with van der Waals surface area (Å²) in [6.07, 6.45) is 1.87. The van der Waals surface area contributed by atoms with Gasteiger partial charge in [-0.15, -0.1) is 0 Å². The lowest BCUT2D eigenvalue weighted by Gasteiger charge is -2.11. The Morgan fingerprint density at radius 1 is 1.31 bits per heavy atom. The van der Waals surface area contributed by atoms with Crippen LogP contribution in [0.1, 0.15) is 23.0 Å². The van der Waals surface area contributed by atoms with Crippen LogP contribution in [0, 0.1) is 12.7 Å². The Morgan fingerprint density at radius 2 is 2.04 bits per heavy atom. The Labute approximate surface area is 154 Å². The van der Waals surface area contributed by atoms with E-state index in [2.05, 4.69) is 9.97 Å². The second-order valence-corrected chi connectivity index (χ2v) is 6.03. The smallest absolute Gasteiger partial charge is 0.357 e. The summed E-state index contributed by atoms with van der Waals surface area (Å²) in [5, 5.41) is 0.722. The molecule has 2 heterocycles. The van der Waals surface area contributed by atoms with Crippen LogP contribution in [0.4, 0.5) is 4.39 Å². The molecule has 0 spiro atoms. The number of hydrogen-bond acceptors (Lipinski definition) is 5. The van der Waals surface area contributed by atoms with Crippen LogP contribution in [0.5, 0.6) is 5.75 Å². The molecule has 0 radical (unpaired) electrons. The van der Waals surface area contributed by atoms with Crippen molar-refractivity contribution in [1.82, 2.24) is 14.5 Å². The molecule has 0 aliphatic rings. The van der Waals surface area contributed by atoms with Gasteiger partial charge in [0.15, 0.2) is 23.1 Å². The maximum atomic E-state index is 14.8. The number of esters is 1. The van der Waals surface area contributed by atoms with Crippen molar-refractivity contribution in [2.45, 2.75) is 20.4 Å². The number of aryl methyl sites for hydroxylation is 2. The SMILES string of the molecule is CCn1cc(C)c2c(C(=O)OC)nc(-c3ccc(Cl)c(OC)c3F)nc21. The van der Waals surface area contributed by atoms with Crippen LogP contribution in [0.25, 0.3) is 22.4 Å². The van der Waals surface area contributed by atoms with E-state index in [1.807, 2.05) is 24.6 Å². The molecule has 3 aromatic rings. The number of hydrogen-bond donors (Lipinski definition) is 0. The van der Waals surface area contributed by atoms with Gasteiger partial charge >= 0.3 is 5.97 Å². The Morgan fingerprint density at radius 3 is 2.65 bits per heavy atom. The number of aromatic nitrogens is 3. The maximum absolute atomic E-state index is 14.8. The molecule has 0 saturated carbocycles. The Balaban J connectivity index is 2.37. The van der Waals surface area contributed by atoms with Crippen LogP contribution in [0.3, 0.4) is 0 Å². The van der Waals surface area contributed by atoms with Gasteiger partial charge in [-0.3, -0.25) is 0 Å². The highest BCUT2D eigenvalue weighted by Crippen LogP contribution is 2.35. The summed E-state index contributed by atoms with van der Waals surface area (Å²) in [5.74, 6) is -1.36. The van der Waals surface area contributed by atoms with Gasteiger partial charge in [0.25, 0.3) is 0 Å². The summed E-state index contributed by atoms with van der Waals surface area (Å²) in [7, 11) is 2.59. The van der Waals surface area contributed by atoms with Gasteiger partial charge in [0, 0.05) is 12.7 Å². The Bertz CT molecular complexity index is 1020. The second-order valence-electron chi connectivity index (χ2n) is 5.63. The van der Waals surface area contributed by atoms with Gasteiger partial charge in [-0.1, -0.05) is 11.6 Å². The molecule has 3 rings (SSSR count). The van der Waals surface area contributed by atoms with Crippen molar-refractivity contribution in [2.24, 2.45) is 0 Å². The number of rotatable bonds is 4. The van der Waals surface area contributed by atoms with Gasteiger partial charge in [-0.25, -0.2) is 19.2 Å². The van der Waals surface area contributed by atoms with E-state index in [1.165, 1.54) is 26.4 Å². The lowest BCUT2D eigenvalue weighted by molar-refractivity contribution is 0.0596. The zero-order valence-electron chi connectivity index (χ0n) is 14.8. The molecule has 0 aliphatic carbocycles. The molecule has 26 heavy (non-hydrogen) atoms. The topological polar surface area (TPSA) is 66.2 Å². The Kier molecular flexibility index (Phi) is 4.82. The average molecular weight is 378 g/mol. The molecular formula is C18H17ClFN3O3. The number of ether oxygens (including phenoxy) is 2. The van der Waals surface area contributed by atoms with Crippen molar-refractivity contribution >= 4 is 28.6 Å². The van der Waals surface area contributed by atoms with E-state index >= 15 is 0 Å². The fourth-order valence-electron chi connectivity index (χ4n) is 2.88. The summed E-state index contributed by atoms with van der Waals surface area (Å²) in [6, 6.07) is 2.95. The fourth-order valence-corrected chi connectivity index (χ4v) is 3.10. The first-order valence-corrected chi connectivity index (χ1v) is 8.28. The van der Waals surface area contributed by atoms with Crippen molar-refractivity contribution in [1.29, 1.82) is 0 Å². The monoisotopic (exact) mass is 377 g/mol. The number of methoxy groups -OCH3 is 2. The first-order valence-electron chi connectivity index (χ1n) is 7.91. The molecule has 0 bridgehead atoms. The van der Waals surface area contributed by atoms with Crippen molar-refractivity contribution < 1.29 is 18.7 Å². The van der Waals surface area contributed by atoms with Gasteiger partial charge in [0.1, 0.15) is 5.65 Å². The minimum Gasteiger partial charge on any atom is -0.492 e. The zero-order chi connectivity index (χ0) is 19.0. The molecule has 0 atom stereocenters. The third kappa shape index (κ3) is 2.78. The molecule has 0 fully saturated rings. The van der Waals surface area contributed by atoms with Crippen LogP contribution in [-0.4, -0.2) is 34.7 Å². The largest absolute Gasteiger partial charge is 0.492 e. The molecule has 0 aliphatic heterocycles. The van der Waals surface area contributed by atoms with Crippen LogP contribution in [0.2, 0.25) is 5.02 Å². The van der Waals surface area contributed by atoms with Crippen molar-refractivity contribution in [3.8, 4) is 17.1 Å². The van der Waals surface area contributed by atoms with E-state index in [-0.39, 0.29) is 27.9 Å². The molecule has 0 N–H and O–H groups in total. The molecule has 0 saturated heterocycles. The first-order chi connectivity index (χ1) is 12.4. The molecular weight excluding hydrogens is 361 g/mol. The van der Waals surface area contributed by atoms with Crippen LogP contribution < -0.4 is 4.74 Å². The lowest BCUT2D eigenvalue weighted by Crippen LogP contribution is -2.09. The number of fused-ring (bicyclic) bond motifs is 1. The normalized spacial score (nSPS) is 11.0. The number of benzene rings is 1. The summed E-state index contributed by atoms with van der Waals surface area (Å²) in [6.45, 7) is 4.44. The van der Waals surface area contributed by atoms with Crippen molar-refractivity contribution in [3.05, 3.63) is 40.4 Å². The predicted octanol–water partition coefficient (Wildman–Crippen LogP) is 4.01. The number of carbonyl (C=O) groups excluding carboxylic acids is 1. The van der Waals surface area contributed by atoms with Gasteiger partial charge in [-0.2, -0.15) is 0 Å². The quantitative estimate of drug-likeness (QED) is 0.642. The van der Waals surface area contributed by atoms with Crippen molar-refractivity contribution in [2.75, 3.05) is 14.2 Å². The van der Waals surface area contributed by atoms with E-state index in [1.54, 1.807) is 0 Å². The van der Waals surface area contributed by atoms with E-state index in [0.717, 1.165) is 5.56 Å². The van der Waals surface area contributed by atoms with Crippen LogP contribution in [0.15, 0.2) is 18.3 Å². The summed E-state index contributed by atoms with van der Waals surface area (Å²) < 4.78 is 26.5. The lowest BCUT2D eigenvalue weighted by atomic mass is 10.1. The Hall–Kier alpha value is -2.67. The highest BCUT2D eigenvalue weighted by atomic mass is 35.5. The molecule has 0 unspecified atom stereocenters. The standard InChI is InChI=1S/C18H17ClFN3O3/c1-5-23-8-9(2)12-14(18(24)26-4)21-16(22-17(12)23)10-6-7-11(19)15(25-3)13(10)20/h6-8H,5H2,1-4H3. The highest BCUT2D eigenvalue weighted by molar-refractivity contribution is 6.32. The van der Waals surface area contributed by atoms with Gasteiger partial charge < -0.3 is 14.0 Å².